The highest BCUT2D eigenvalue weighted by Crippen LogP contribution is 2.10. The minimum atomic E-state index is -0.612. The molecular weight excluding hydrogens is 358 g/mol. The SMILES string of the molecule is O=C(NNC(=O)c1ccc(Cn2ccccc2=O)o1)c1ccc(Cl)cc1. The number of benzene rings is 1. The van der Waals surface area contributed by atoms with E-state index in [2.05, 4.69) is 10.9 Å². The Balaban J connectivity index is 1.59. The number of rotatable bonds is 4. The monoisotopic (exact) mass is 371 g/mol. The van der Waals surface area contributed by atoms with E-state index in [1.807, 2.05) is 0 Å². The molecule has 0 spiro atoms. The molecular formula is C18H14ClN3O4. The highest BCUT2D eigenvalue weighted by molar-refractivity contribution is 6.30. The molecule has 0 aliphatic heterocycles. The predicted molar refractivity (Wildman–Crippen MR) is 94.9 cm³/mol. The van der Waals surface area contributed by atoms with Crippen LogP contribution in [0.4, 0.5) is 0 Å². The van der Waals surface area contributed by atoms with Crippen molar-refractivity contribution in [3.05, 3.63) is 93.3 Å². The van der Waals surface area contributed by atoms with Gasteiger partial charge in [0.05, 0.1) is 6.54 Å². The van der Waals surface area contributed by atoms with Gasteiger partial charge in [0.25, 0.3) is 11.5 Å². The number of aromatic nitrogens is 1. The Hall–Kier alpha value is -3.32. The maximum atomic E-state index is 12.1. The van der Waals surface area contributed by atoms with E-state index in [0.717, 1.165) is 0 Å². The van der Waals surface area contributed by atoms with E-state index in [-0.39, 0.29) is 17.9 Å². The van der Waals surface area contributed by atoms with E-state index in [9.17, 15) is 14.4 Å². The van der Waals surface area contributed by atoms with Crippen LogP contribution < -0.4 is 16.4 Å². The second-order valence-electron chi connectivity index (χ2n) is 5.35. The largest absolute Gasteiger partial charge is 0.454 e. The van der Waals surface area contributed by atoms with E-state index in [0.29, 0.717) is 16.3 Å². The molecule has 132 valence electrons. The van der Waals surface area contributed by atoms with Crippen LogP contribution in [0.3, 0.4) is 0 Å². The number of nitrogens with zero attached hydrogens (tertiary/aromatic N) is 1. The average Bonchev–Trinajstić information content (AvgIpc) is 3.10. The molecule has 7 nitrogen and oxygen atoms in total. The third-order valence-corrected chi connectivity index (χ3v) is 3.76. The quantitative estimate of drug-likeness (QED) is 0.688. The van der Waals surface area contributed by atoms with Crippen molar-refractivity contribution < 1.29 is 14.0 Å². The smallest absolute Gasteiger partial charge is 0.305 e. The fourth-order valence-electron chi connectivity index (χ4n) is 2.19. The van der Waals surface area contributed by atoms with Gasteiger partial charge in [-0.2, -0.15) is 0 Å². The maximum absolute atomic E-state index is 12.1. The molecule has 26 heavy (non-hydrogen) atoms. The molecule has 3 aromatic rings. The lowest BCUT2D eigenvalue weighted by Crippen LogP contribution is -2.41. The number of nitrogens with one attached hydrogen (secondary N) is 2. The topological polar surface area (TPSA) is 93.3 Å². The number of carbonyl (C=O) groups excluding carboxylic acids is 2. The van der Waals surface area contributed by atoms with Gasteiger partial charge in [0.1, 0.15) is 5.76 Å². The molecule has 8 heteroatoms. The fourth-order valence-corrected chi connectivity index (χ4v) is 2.32. The van der Waals surface area contributed by atoms with Crippen molar-refractivity contribution in [2.24, 2.45) is 0 Å². The first-order chi connectivity index (χ1) is 12.5. The molecule has 2 heterocycles. The van der Waals surface area contributed by atoms with Gasteiger partial charge in [-0.1, -0.05) is 17.7 Å². The third kappa shape index (κ3) is 4.20. The first kappa shape index (κ1) is 17.5. The summed E-state index contributed by atoms with van der Waals surface area (Å²) in [4.78, 5) is 35.7. The average molecular weight is 372 g/mol. The third-order valence-electron chi connectivity index (χ3n) is 3.51. The van der Waals surface area contributed by atoms with Crippen LogP contribution in [0, 0.1) is 0 Å². The molecule has 0 saturated carbocycles. The van der Waals surface area contributed by atoms with Crippen LogP contribution in [0.25, 0.3) is 0 Å². The lowest BCUT2D eigenvalue weighted by Gasteiger charge is -2.06. The highest BCUT2D eigenvalue weighted by Gasteiger charge is 2.13. The van der Waals surface area contributed by atoms with Crippen LogP contribution in [0.2, 0.25) is 5.02 Å². The van der Waals surface area contributed by atoms with Crippen molar-refractivity contribution in [2.45, 2.75) is 6.54 Å². The van der Waals surface area contributed by atoms with Gasteiger partial charge >= 0.3 is 5.91 Å². The van der Waals surface area contributed by atoms with Gasteiger partial charge in [-0.15, -0.1) is 0 Å². The molecule has 0 aliphatic rings. The lowest BCUT2D eigenvalue weighted by atomic mass is 10.2. The van der Waals surface area contributed by atoms with Gasteiger partial charge in [-0.25, -0.2) is 0 Å². The molecule has 0 bridgehead atoms. The lowest BCUT2D eigenvalue weighted by molar-refractivity contribution is 0.0830. The number of amides is 2. The number of carbonyl (C=O) groups is 2. The summed E-state index contributed by atoms with van der Waals surface area (Å²) >= 11 is 5.76. The molecule has 0 radical (unpaired) electrons. The minimum absolute atomic E-state index is 0.0142. The summed E-state index contributed by atoms with van der Waals surface area (Å²) in [6.07, 6.45) is 1.62. The standard InChI is InChI=1S/C18H14ClN3O4/c19-13-6-4-12(5-7-13)17(24)20-21-18(25)15-9-8-14(26-15)11-22-10-2-1-3-16(22)23/h1-10H,11H2,(H,20,24)(H,21,25). The van der Waals surface area contributed by atoms with E-state index < -0.39 is 11.8 Å². The minimum Gasteiger partial charge on any atom is -0.454 e. The summed E-state index contributed by atoms with van der Waals surface area (Å²) in [5.41, 5.74) is 4.72. The van der Waals surface area contributed by atoms with Crippen molar-refractivity contribution in [2.75, 3.05) is 0 Å². The number of hydrazine groups is 1. The van der Waals surface area contributed by atoms with Crippen LogP contribution in [-0.4, -0.2) is 16.4 Å². The van der Waals surface area contributed by atoms with Gasteiger partial charge in [0, 0.05) is 22.8 Å². The first-order valence-electron chi connectivity index (χ1n) is 7.63. The Morgan fingerprint density at radius 1 is 0.962 bits per heavy atom. The predicted octanol–water partition coefficient (Wildman–Crippen LogP) is 2.22. The highest BCUT2D eigenvalue weighted by atomic mass is 35.5. The van der Waals surface area contributed by atoms with Crippen molar-refractivity contribution in [1.82, 2.24) is 15.4 Å². The normalized spacial score (nSPS) is 10.3. The summed E-state index contributed by atoms with van der Waals surface area (Å²) in [5.74, 6) is -0.649. The molecule has 2 amide bonds. The van der Waals surface area contributed by atoms with E-state index >= 15 is 0 Å². The second-order valence-corrected chi connectivity index (χ2v) is 5.78. The Labute approximate surface area is 153 Å². The molecule has 0 aliphatic carbocycles. The molecule has 0 atom stereocenters. The van der Waals surface area contributed by atoms with Crippen LogP contribution in [-0.2, 0) is 6.54 Å². The first-order valence-corrected chi connectivity index (χ1v) is 8.01. The second kappa shape index (κ2) is 7.71. The fraction of sp³-hybridized carbons (Fsp3) is 0.0556. The Bertz CT molecular complexity index is 992. The number of halogens is 1. The number of hydrogen-bond donors (Lipinski definition) is 2. The van der Waals surface area contributed by atoms with Crippen molar-refractivity contribution in [3.8, 4) is 0 Å². The molecule has 1 aromatic carbocycles. The summed E-state index contributed by atoms with van der Waals surface area (Å²) in [6, 6.07) is 14.1. The number of pyridine rings is 1. The Morgan fingerprint density at radius 2 is 1.69 bits per heavy atom. The summed E-state index contributed by atoms with van der Waals surface area (Å²) < 4.78 is 6.86. The van der Waals surface area contributed by atoms with Crippen molar-refractivity contribution in [3.63, 3.8) is 0 Å². The van der Waals surface area contributed by atoms with E-state index in [1.54, 1.807) is 36.5 Å². The molecule has 0 unspecified atom stereocenters. The van der Waals surface area contributed by atoms with Crippen molar-refractivity contribution in [1.29, 1.82) is 0 Å². The number of furan rings is 1. The van der Waals surface area contributed by atoms with Gasteiger partial charge in [-0.3, -0.25) is 25.2 Å². The van der Waals surface area contributed by atoms with Gasteiger partial charge in [0.2, 0.25) is 0 Å². The molecule has 3 rings (SSSR count). The van der Waals surface area contributed by atoms with Gasteiger partial charge in [-0.05, 0) is 42.5 Å². The van der Waals surface area contributed by atoms with E-state index in [4.69, 9.17) is 16.0 Å². The van der Waals surface area contributed by atoms with Gasteiger partial charge in [0.15, 0.2) is 5.76 Å². The molecule has 0 fully saturated rings. The summed E-state index contributed by atoms with van der Waals surface area (Å²) in [7, 11) is 0. The number of hydrogen-bond acceptors (Lipinski definition) is 4. The Morgan fingerprint density at radius 3 is 2.42 bits per heavy atom. The van der Waals surface area contributed by atoms with Crippen LogP contribution in [0.1, 0.15) is 26.7 Å². The zero-order valence-electron chi connectivity index (χ0n) is 13.4. The molecule has 0 saturated heterocycles. The van der Waals surface area contributed by atoms with Gasteiger partial charge < -0.3 is 8.98 Å². The zero-order chi connectivity index (χ0) is 18.5. The summed E-state index contributed by atoms with van der Waals surface area (Å²) in [5, 5.41) is 0.506. The zero-order valence-corrected chi connectivity index (χ0v) is 14.2. The van der Waals surface area contributed by atoms with Crippen molar-refractivity contribution >= 4 is 23.4 Å². The molecule has 2 N–H and O–H groups in total. The Kier molecular flexibility index (Phi) is 5.19. The van der Waals surface area contributed by atoms with Crippen LogP contribution in [0.5, 0.6) is 0 Å². The maximum Gasteiger partial charge on any atom is 0.305 e. The summed E-state index contributed by atoms with van der Waals surface area (Å²) in [6.45, 7) is 0.198. The van der Waals surface area contributed by atoms with E-state index in [1.165, 1.54) is 28.8 Å². The van der Waals surface area contributed by atoms with Crippen LogP contribution in [0.15, 0.2) is 70.0 Å². The molecule has 2 aromatic heterocycles. The van der Waals surface area contributed by atoms with Crippen LogP contribution >= 0.6 is 11.6 Å².